The summed E-state index contributed by atoms with van der Waals surface area (Å²) in [6, 6.07) is 3.84. The van der Waals surface area contributed by atoms with Gasteiger partial charge in [0, 0.05) is 4.47 Å². The van der Waals surface area contributed by atoms with Crippen LogP contribution in [0.5, 0.6) is 0 Å². The Morgan fingerprint density at radius 1 is 1.62 bits per heavy atom. The number of carbonyl (C=O) groups excluding carboxylic acids is 1. The maximum absolute atomic E-state index is 12.7. The van der Waals surface area contributed by atoms with Crippen molar-refractivity contribution in [2.45, 2.75) is 0 Å². The second-order valence-corrected chi connectivity index (χ2v) is 3.11. The molecule has 0 fully saturated rings. The molecule has 1 N–H and O–H groups in total. The van der Waals surface area contributed by atoms with E-state index in [1.807, 2.05) is 0 Å². The highest BCUT2D eigenvalue weighted by atomic mass is 79.9. The van der Waals surface area contributed by atoms with Crippen LogP contribution in [0.15, 0.2) is 22.7 Å². The molecule has 0 saturated carbocycles. The zero-order valence-electron chi connectivity index (χ0n) is 6.80. The summed E-state index contributed by atoms with van der Waals surface area (Å²) < 4.78 is 13.2. The summed E-state index contributed by atoms with van der Waals surface area (Å²) >= 11 is 3.12. The van der Waals surface area contributed by atoms with Crippen LogP contribution in [0.25, 0.3) is 0 Å². The first kappa shape index (κ1) is 10.1. The number of nitrogens with one attached hydrogen (secondary N) is 1. The molecule has 0 spiro atoms. The van der Waals surface area contributed by atoms with E-state index in [4.69, 9.17) is 0 Å². The number of amides is 1. The van der Waals surface area contributed by atoms with E-state index in [0.29, 0.717) is 4.47 Å². The lowest BCUT2D eigenvalue weighted by Crippen LogP contribution is -2.22. The number of hydrogen-bond donors (Lipinski definition) is 1. The Bertz CT molecular complexity index is 330. The predicted molar refractivity (Wildman–Crippen MR) is 48.6 cm³/mol. The van der Waals surface area contributed by atoms with Crippen LogP contribution in [-0.2, 0) is 4.84 Å². The fourth-order valence-electron chi connectivity index (χ4n) is 0.819. The summed E-state index contributed by atoms with van der Waals surface area (Å²) in [7, 11) is 1.31. The van der Waals surface area contributed by atoms with Crippen LogP contribution in [0, 0.1) is 5.82 Å². The Balaban J connectivity index is 2.99. The molecule has 0 saturated heterocycles. The van der Waals surface area contributed by atoms with Crippen LogP contribution in [-0.4, -0.2) is 13.0 Å². The Kier molecular flexibility index (Phi) is 3.39. The van der Waals surface area contributed by atoms with E-state index in [9.17, 15) is 9.18 Å². The van der Waals surface area contributed by atoms with Crippen LogP contribution < -0.4 is 5.48 Å². The molecule has 0 aliphatic heterocycles. The van der Waals surface area contributed by atoms with Gasteiger partial charge in [0.1, 0.15) is 5.82 Å². The molecule has 0 aliphatic rings. The van der Waals surface area contributed by atoms with Crippen LogP contribution in [0.3, 0.4) is 0 Å². The third-order valence-electron chi connectivity index (χ3n) is 1.37. The minimum absolute atomic E-state index is 0.196. The minimum atomic E-state index is -0.492. The van der Waals surface area contributed by atoms with E-state index < -0.39 is 11.7 Å². The van der Waals surface area contributed by atoms with Gasteiger partial charge in [-0.15, -0.1) is 0 Å². The summed E-state index contributed by atoms with van der Waals surface area (Å²) in [5.74, 6) is -0.960. The third kappa shape index (κ3) is 2.50. The average molecular weight is 248 g/mol. The molecule has 0 bridgehead atoms. The van der Waals surface area contributed by atoms with Gasteiger partial charge in [0.25, 0.3) is 5.91 Å². The number of benzene rings is 1. The molecule has 70 valence electrons. The number of hydroxylamine groups is 1. The Morgan fingerprint density at radius 3 is 2.92 bits per heavy atom. The second-order valence-electron chi connectivity index (χ2n) is 2.26. The summed E-state index contributed by atoms with van der Waals surface area (Å²) in [5.41, 5.74) is 2.29. The van der Waals surface area contributed by atoms with E-state index in [1.54, 1.807) is 0 Å². The molecule has 1 aromatic carbocycles. The van der Waals surface area contributed by atoms with Gasteiger partial charge in [0.2, 0.25) is 0 Å². The first-order chi connectivity index (χ1) is 6.15. The molecule has 0 atom stereocenters. The van der Waals surface area contributed by atoms with Gasteiger partial charge < -0.3 is 0 Å². The monoisotopic (exact) mass is 247 g/mol. The smallest absolute Gasteiger partial charge is 0.276 e. The van der Waals surface area contributed by atoms with Crippen molar-refractivity contribution in [3.63, 3.8) is 0 Å². The van der Waals surface area contributed by atoms with Gasteiger partial charge in [0.15, 0.2) is 0 Å². The predicted octanol–water partition coefficient (Wildman–Crippen LogP) is 1.88. The van der Waals surface area contributed by atoms with E-state index in [0.717, 1.165) is 6.07 Å². The molecule has 0 aliphatic carbocycles. The zero-order chi connectivity index (χ0) is 9.84. The lowest BCUT2D eigenvalue weighted by Gasteiger charge is -2.03. The molecular formula is C8H7BrFNO2. The fourth-order valence-corrected chi connectivity index (χ4v) is 1.25. The SMILES string of the molecule is CONC(=O)c1cc(F)ccc1Br. The summed E-state index contributed by atoms with van der Waals surface area (Å²) in [5, 5.41) is 0. The Morgan fingerprint density at radius 2 is 2.31 bits per heavy atom. The van der Waals surface area contributed by atoms with Crippen molar-refractivity contribution in [2.75, 3.05) is 7.11 Å². The molecule has 0 radical (unpaired) electrons. The summed E-state index contributed by atoms with van der Waals surface area (Å²) in [6.07, 6.45) is 0. The van der Waals surface area contributed by atoms with Crippen LogP contribution >= 0.6 is 15.9 Å². The molecule has 0 heterocycles. The topological polar surface area (TPSA) is 38.3 Å². The molecule has 0 aromatic heterocycles. The van der Waals surface area contributed by atoms with Crippen molar-refractivity contribution >= 4 is 21.8 Å². The van der Waals surface area contributed by atoms with Crippen molar-refractivity contribution in [3.8, 4) is 0 Å². The van der Waals surface area contributed by atoms with Gasteiger partial charge in [-0.1, -0.05) is 0 Å². The third-order valence-corrected chi connectivity index (χ3v) is 2.06. The average Bonchev–Trinajstić information content (AvgIpc) is 2.09. The Labute approximate surface area is 83.0 Å². The lowest BCUT2D eigenvalue weighted by molar-refractivity contribution is 0.0536. The van der Waals surface area contributed by atoms with Crippen LogP contribution in [0.2, 0.25) is 0 Å². The molecule has 13 heavy (non-hydrogen) atoms. The van der Waals surface area contributed by atoms with E-state index in [-0.39, 0.29) is 5.56 Å². The standard InChI is InChI=1S/C8H7BrFNO2/c1-13-11-8(12)6-4-5(10)2-3-7(6)9/h2-4H,1H3,(H,11,12). The molecule has 1 amide bonds. The molecule has 0 unspecified atom stereocenters. The normalized spacial score (nSPS) is 9.77. The Hall–Kier alpha value is -0.940. The summed E-state index contributed by atoms with van der Waals surface area (Å²) in [4.78, 5) is 15.6. The lowest BCUT2D eigenvalue weighted by atomic mass is 10.2. The van der Waals surface area contributed by atoms with Gasteiger partial charge in [-0.3, -0.25) is 9.63 Å². The number of carbonyl (C=O) groups is 1. The van der Waals surface area contributed by atoms with E-state index in [2.05, 4.69) is 26.2 Å². The molecule has 1 rings (SSSR count). The van der Waals surface area contributed by atoms with Crippen molar-refractivity contribution < 1.29 is 14.0 Å². The van der Waals surface area contributed by atoms with Crippen molar-refractivity contribution in [2.24, 2.45) is 0 Å². The highest BCUT2D eigenvalue weighted by molar-refractivity contribution is 9.10. The number of halogens is 2. The van der Waals surface area contributed by atoms with Gasteiger partial charge in [0.05, 0.1) is 12.7 Å². The first-order valence-corrected chi connectivity index (χ1v) is 4.23. The highest BCUT2D eigenvalue weighted by Crippen LogP contribution is 2.17. The van der Waals surface area contributed by atoms with E-state index in [1.165, 1.54) is 19.2 Å². The maximum atomic E-state index is 12.7. The largest absolute Gasteiger partial charge is 0.277 e. The van der Waals surface area contributed by atoms with Crippen LogP contribution in [0.1, 0.15) is 10.4 Å². The number of rotatable bonds is 2. The van der Waals surface area contributed by atoms with Gasteiger partial charge >= 0.3 is 0 Å². The minimum Gasteiger partial charge on any atom is -0.277 e. The van der Waals surface area contributed by atoms with Crippen molar-refractivity contribution in [1.82, 2.24) is 5.48 Å². The van der Waals surface area contributed by atoms with Crippen LogP contribution in [0.4, 0.5) is 4.39 Å². The van der Waals surface area contributed by atoms with Gasteiger partial charge in [-0.25, -0.2) is 9.87 Å². The van der Waals surface area contributed by atoms with Crippen molar-refractivity contribution in [1.29, 1.82) is 0 Å². The van der Waals surface area contributed by atoms with Gasteiger partial charge in [-0.05, 0) is 34.1 Å². The quantitative estimate of drug-likeness (QED) is 0.811. The molecule has 1 aromatic rings. The zero-order valence-corrected chi connectivity index (χ0v) is 8.39. The number of hydrogen-bond acceptors (Lipinski definition) is 2. The maximum Gasteiger partial charge on any atom is 0.276 e. The fraction of sp³-hybridized carbons (Fsp3) is 0.125. The molecule has 5 heteroatoms. The highest BCUT2D eigenvalue weighted by Gasteiger charge is 2.10. The second kappa shape index (κ2) is 4.34. The van der Waals surface area contributed by atoms with Gasteiger partial charge in [-0.2, -0.15) is 0 Å². The van der Waals surface area contributed by atoms with Crippen molar-refractivity contribution in [3.05, 3.63) is 34.1 Å². The molecular weight excluding hydrogens is 241 g/mol. The summed E-state index contributed by atoms with van der Waals surface area (Å²) in [6.45, 7) is 0. The first-order valence-electron chi connectivity index (χ1n) is 3.43. The molecule has 3 nitrogen and oxygen atoms in total. The van der Waals surface area contributed by atoms with E-state index >= 15 is 0 Å².